The lowest BCUT2D eigenvalue weighted by Gasteiger charge is -2.29. The van der Waals surface area contributed by atoms with Crippen LogP contribution >= 0.6 is 11.3 Å². The van der Waals surface area contributed by atoms with E-state index in [9.17, 15) is 4.79 Å². The molecule has 0 unspecified atom stereocenters. The molecule has 1 amide bonds. The maximum Gasteiger partial charge on any atom is 0.243 e. The molecule has 0 bridgehead atoms. The van der Waals surface area contributed by atoms with Crippen molar-refractivity contribution in [1.82, 2.24) is 20.4 Å². The van der Waals surface area contributed by atoms with Crippen molar-refractivity contribution in [3.63, 3.8) is 0 Å². The third-order valence-corrected chi connectivity index (χ3v) is 5.50. The highest BCUT2D eigenvalue weighted by Crippen LogP contribution is 2.30. The molecule has 4 rings (SSSR count). The molecule has 1 fully saturated rings. The lowest BCUT2D eigenvalue weighted by molar-refractivity contribution is -0.117. The predicted octanol–water partition coefficient (Wildman–Crippen LogP) is 3.45. The molecule has 3 aromatic rings. The first-order valence-electron chi connectivity index (χ1n) is 8.82. The normalized spacial score (nSPS) is 19.6. The average molecular weight is 384 g/mol. The molecule has 0 saturated heterocycles. The van der Waals surface area contributed by atoms with Crippen LogP contribution in [-0.2, 0) is 4.79 Å². The van der Waals surface area contributed by atoms with Crippen LogP contribution in [0, 0.1) is 0 Å². The second-order valence-electron chi connectivity index (χ2n) is 6.47. The molecule has 0 atom stereocenters. The summed E-state index contributed by atoms with van der Waals surface area (Å²) >= 11 is 1.62. The summed E-state index contributed by atoms with van der Waals surface area (Å²) in [5.41, 5.74) is 1.59. The highest BCUT2D eigenvalue weighted by molar-refractivity contribution is 7.17. The van der Waals surface area contributed by atoms with E-state index in [1.54, 1.807) is 17.5 Å². The van der Waals surface area contributed by atoms with Gasteiger partial charge in [0.05, 0.1) is 16.4 Å². The molecule has 3 N–H and O–H groups in total. The number of fused-ring (bicyclic) bond motifs is 1. The summed E-state index contributed by atoms with van der Waals surface area (Å²) in [4.78, 5) is 20.6. The average Bonchev–Trinajstić information content (AvgIpc) is 3.35. The molecule has 0 spiro atoms. The van der Waals surface area contributed by atoms with Crippen molar-refractivity contribution in [3.8, 4) is 0 Å². The Bertz CT molecular complexity index is 931. The standard InChI is InChI=1S/C18H20N6O2S/c1-2-15(25)20-11-3-5-12(6-4-11)21-17-16-14(7-8-27-16)23-18(24-17)22-13-9-19-26-10-13/h2,7-12H,1,3-6H2,(H,20,25)(H2,21,22,23,24)/t11-,12+. The fourth-order valence-electron chi connectivity index (χ4n) is 3.25. The fraction of sp³-hybridized carbons (Fsp3) is 0.333. The third-order valence-electron chi connectivity index (χ3n) is 4.59. The van der Waals surface area contributed by atoms with Crippen molar-refractivity contribution in [3.05, 3.63) is 36.6 Å². The maximum atomic E-state index is 11.5. The van der Waals surface area contributed by atoms with E-state index in [-0.39, 0.29) is 11.9 Å². The van der Waals surface area contributed by atoms with Gasteiger partial charge in [0.2, 0.25) is 11.9 Å². The lowest BCUT2D eigenvalue weighted by atomic mass is 9.91. The summed E-state index contributed by atoms with van der Waals surface area (Å²) in [6, 6.07) is 2.50. The summed E-state index contributed by atoms with van der Waals surface area (Å²) in [7, 11) is 0. The van der Waals surface area contributed by atoms with E-state index in [4.69, 9.17) is 4.52 Å². The van der Waals surface area contributed by atoms with Crippen molar-refractivity contribution >= 4 is 44.9 Å². The molecule has 9 heteroatoms. The summed E-state index contributed by atoms with van der Waals surface area (Å²) in [5, 5.41) is 15.3. The monoisotopic (exact) mass is 384 g/mol. The number of nitrogens with zero attached hydrogens (tertiary/aromatic N) is 3. The molecule has 140 valence electrons. The Morgan fingerprint density at radius 3 is 2.81 bits per heavy atom. The fourth-order valence-corrected chi connectivity index (χ4v) is 4.03. The molecule has 3 heterocycles. The molecular weight excluding hydrogens is 364 g/mol. The number of hydrogen-bond acceptors (Lipinski definition) is 8. The SMILES string of the molecule is C=CC(=O)N[C@H]1CC[C@@H](Nc2nc(Nc3cnoc3)nc3ccsc23)CC1. The van der Waals surface area contributed by atoms with Gasteiger partial charge in [0.1, 0.15) is 17.8 Å². The minimum absolute atomic E-state index is 0.105. The molecule has 27 heavy (non-hydrogen) atoms. The summed E-state index contributed by atoms with van der Waals surface area (Å²) in [6.07, 6.45) is 8.20. The van der Waals surface area contributed by atoms with Gasteiger partial charge >= 0.3 is 0 Å². The second kappa shape index (κ2) is 7.75. The highest BCUT2D eigenvalue weighted by Gasteiger charge is 2.23. The quantitative estimate of drug-likeness (QED) is 0.559. The van der Waals surface area contributed by atoms with E-state index < -0.39 is 0 Å². The van der Waals surface area contributed by atoms with Gasteiger partial charge in [-0.15, -0.1) is 11.3 Å². The van der Waals surface area contributed by atoms with Crippen LogP contribution < -0.4 is 16.0 Å². The molecule has 0 aliphatic heterocycles. The van der Waals surface area contributed by atoms with Crippen LogP contribution in [0.5, 0.6) is 0 Å². The zero-order chi connectivity index (χ0) is 18.6. The van der Waals surface area contributed by atoms with Gasteiger partial charge in [0.25, 0.3) is 0 Å². The van der Waals surface area contributed by atoms with Crippen molar-refractivity contribution < 1.29 is 9.32 Å². The first kappa shape index (κ1) is 17.5. The van der Waals surface area contributed by atoms with Crippen LogP contribution in [0.1, 0.15) is 25.7 Å². The Hall–Kier alpha value is -2.94. The molecule has 8 nitrogen and oxygen atoms in total. The van der Waals surface area contributed by atoms with Crippen molar-refractivity contribution in [2.75, 3.05) is 10.6 Å². The minimum Gasteiger partial charge on any atom is -0.366 e. The number of carbonyl (C=O) groups is 1. The summed E-state index contributed by atoms with van der Waals surface area (Å²) in [5.74, 6) is 1.22. The summed E-state index contributed by atoms with van der Waals surface area (Å²) in [6.45, 7) is 3.50. The topological polar surface area (TPSA) is 105 Å². The van der Waals surface area contributed by atoms with Crippen LogP contribution in [0.15, 0.2) is 41.1 Å². The molecule has 1 aliphatic rings. The van der Waals surface area contributed by atoms with E-state index in [2.05, 4.69) is 37.7 Å². The molecule has 0 radical (unpaired) electrons. The van der Waals surface area contributed by atoms with E-state index in [1.165, 1.54) is 12.3 Å². The maximum absolute atomic E-state index is 11.5. The number of aromatic nitrogens is 3. The van der Waals surface area contributed by atoms with E-state index >= 15 is 0 Å². The summed E-state index contributed by atoms with van der Waals surface area (Å²) < 4.78 is 5.87. The lowest BCUT2D eigenvalue weighted by Crippen LogP contribution is -2.39. The van der Waals surface area contributed by atoms with Crippen molar-refractivity contribution in [2.45, 2.75) is 37.8 Å². The van der Waals surface area contributed by atoms with E-state index in [0.717, 1.165) is 41.7 Å². The van der Waals surface area contributed by atoms with Gasteiger partial charge in [0, 0.05) is 12.1 Å². The Morgan fingerprint density at radius 2 is 2.07 bits per heavy atom. The first-order chi connectivity index (χ1) is 13.2. The van der Waals surface area contributed by atoms with Gasteiger partial charge in [-0.2, -0.15) is 4.98 Å². The number of rotatable bonds is 6. The van der Waals surface area contributed by atoms with Crippen LogP contribution in [0.25, 0.3) is 10.2 Å². The predicted molar refractivity (Wildman–Crippen MR) is 105 cm³/mol. The van der Waals surface area contributed by atoms with Gasteiger partial charge in [-0.1, -0.05) is 11.7 Å². The number of anilines is 3. The smallest absolute Gasteiger partial charge is 0.243 e. The number of carbonyl (C=O) groups excluding carboxylic acids is 1. The Balaban J connectivity index is 1.46. The van der Waals surface area contributed by atoms with Gasteiger partial charge in [0.15, 0.2) is 0 Å². The molecular formula is C18H20N6O2S. The van der Waals surface area contributed by atoms with Crippen LogP contribution in [0.4, 0.5) is 17.5 Å². The Labute approximate surface area is 160 Å². The third kappa shape index (κ3) is 4.08. The minimum atomic E-state index is -0.105. The molecule has 1 aliphatic carbocycles. The van der Waals surface area contributed by atoms with E-state index in [0.29, 0.717) is 17.7 Å². The number of thiophene rings is 1. The van der Waals surface area contributed by atoms with Crippen LogP contribution in [-0.4, -0.2) is 33.1 Å². The molecule has 3 aromatic heterocycles. The zero-order valence-electron chi connectivity index (χ0n) is 14.6. The van der Waals surface area contributed by atoms with Crippen LogP contribution in [0.2, 0.25) is 0 Å². The molecule has 0 aromatic carbocycles. The molecule has 1 saturated carbocycles. The van der Waals surface area contributed by atoms with Crippen molar-refractivity contribution in [1.29, 1.82) is 0 Å². The van der Waals surface area contributed by atoms with Gasteiger partial charge < -0.3 is 20.5 Å². The van der Waals surface area contributed by atoms with Crippen LogP contribution in [0.3, 0.4) is 0 Å². The second-order valence-corrected chi connectivity index (χ2v) is 7.39. The Kier molecular flexibility index (Phi) is 5.01. The van der Waals surface area contributed by atoms with Gasteiger partial charge in [-0.3, -0.25) is 4.79 Å². The largest absolute Gasteiger partial charge is 0.366 e. The van der Waals surface area contributed by atoms with Crippen molar-refractivity contribution in [2.24, 2.45) is 0 Å². The van der Waals surface area contributed by atoms with E-state index in [1.807, 2.05) is 11.4 Å². The first-order valence-corrected chi connectivity index (χ1v) is 9.70. The number of amides is 1. The highest BCUT2D eigenvalue weighted by atomic mass is 32.1. The number of hydrogen-bond donors (Lipinski definition) is 3. The Morgan fingerprint density at radius 1 is 1.26 bits per heavy atom. The van der Waals surface area contributed by atoms with Gasteiger partial charge in [-0.25, -0.2) is 4.98 Å². The number of nitrogens with one attached hydrogen (secondary N) is 3. The zero-order valence-corrected chi connectivity index (χ0v) is 15.5. The van der Waals surface area contributed by atoms with Gasteiger partial charge in [-0.05, 0) is 43.2 Å².